The lowest BCUT2D eigenvalue weighted by Gasteiger charge is -2.23. The smallest absolute Gasteiger partial charge is 0.218 e. The lowest BCUT2D eigenvalue weighted by molar-refractivity contribution is -0.118. The monoisotopic (exact) mass is 348 g/mol. The van der Waals surface area contributed by atoms with Crippen molar-refractivity contribution >= 4 is 5.91 Å². The third-order valence-electron chi connectivity index (χ3n) is 3.82. The van der Waals surface area contributed by atoms with E-state index in [1.54, 1.807) is 37.3 Å². The third kappa shape index (κ3) is 5.00. The minimum Gasteiger partial charge on any atom is -0.451 e. The van der Waals surface area contributed by atoms with Crippen LogP contribution >= 0.6 is 0 Å². The Labute approximate surface area is 146 Å². The highest BCUT2D eigenvalue weighted by molar-refractivity contribution is 5.74. The largest absolute Gasteiger partial charge is 0.451 e. The topological polar surface area (TPSA) is 64.3 Å². The Bertz CT molecular complexity index is 723. The number of nitrogens with one attached hydrogen (secondary N) is 1. The second-order valence-corrected chi connectivity index (χ2v) is 5.89. The number of amides is 1. The van der Waals surface area contributed by atoms with Gasteiger partial charge in [-0.15, -0.1) is 0 Å². The molecule has 6 heteroatoms. The van der Waals surface area contributed by atoms with Crippen molar-refractivity contribution in [1.82, 2.24) is 5.32 Å². The molecule has 0 saturated carbocycles. The van der Waals surface area contributed by atoms with Gasteiger partial charge in [-0.1, -0.05) is 31.2 Å². The first kappa shape index (κ1) is 18.9. The van der Waals surface area contributed by atoms with E-state index >= 15 is 0 Å². The molecule has 0 aliphatic rings. The molecule has 0 bridgehead atoms. The van der Waals surface area contributed by atoms with Crippen molar-refractivity contribution in [2.45, 2.75) is 38.8 Å². The van der Waals surface area contributed by atoms with Crippen molar-refractivity contribution in [3.05, 3.63) is 59.7 Å². The average molecular weight is 348 g/mol. The van der Waals surface area contributed by atoms with Crippen LogP contribution in [0.4, 0.5) is 8.78 Å². The zero-order chi connectivity index (χ0) is 18.4. The summed E-state index contributed by atoms with van der Waals surface area (Å²) >= 11 is 0. The first-order valence-electron chi connectivity index (χ1n) is 8.17. The quantitative estimate of drug-likeness (QED) is 0.756. The fourth-order valence-electron chi connectivity index (χ4n) is 2.65. The summed E-state index contributed by atoms with van der Waals surface area (Å²) in [5.41, 5.74) is 5.47. The van der Waals surface area contributed by atoms with E-state index in [4.69, 9.17) is 10.5 Å². The van der Waals surface area contributed by atoms with Crippen molar-refractivity contribution in [2.75, 3.05) is 0 Å². The molecule has 0 aliphatic heterocycles. The lowest BCUT2D eigenvalue weighted by atomic mass is 10.0. The highest BCUT2D eigenvalue weighted by Crippen LogP contribution is 2.33. The summed E-state index contributed by atoms with van der Waals surface area (Å²) in [6.07, 6.45) is 0.684. The third-order valence-corrected chi connectivity index (χ3v) is 3.82. The summed E-state index contributed by atoms with van der Waals surface area (Å²) in [4.78, 5) is 11.0. The highest BCUT2D eigenvalue weighted by Gasteiger charge is 2.22. The number of benzene rings is 2. The summed E-state index contributed by atoms with van der Waals surface area (Å²) in [5, 5.41) is 3.15. The fraction of sp³-hybridized carbons (Fsp3) is 0.316. The number of ether oxygens (including phenoxy) is 1. The zero-order valence-corrected chi connectivity index (χ0v) is 14.3. The van der Waals surface area contributed by atoms with Crippen LogP contribution < -0.4 is 15.8 Å². The highest BCUT2D eigenvalue weighted by atomic mass is 19.1. The normalized spacial score (nSPS) is 13.3. The molecule has 0 spiro atoms. The summed E-state index contributed by atoms with van der Waals surface area (Å²) in [5.74, 6) is -2.06. The molecule has 0 saturated heterocycles. The molecule has 0 radical (unpaired) electrons. The van der Waals surface area contributed by atoms with Gasteiger partial charge in [0.15, 0.2) is 17.4 Å². The number of hydrogen-bond acceptors (Lipinski definition) is 3. The van der Waals surface area contributed by atoms with Crippen LogP contribution in [0.1, 0.15) is 38.3 Å². The molecule has 3 N–H and O–H groups in total. The molecule has 0 aliphatic carbocycles. The first-order chi connectivity index (χ1) is 11.9. The Kier molecular flexibility index (Phi) is 6.47. The predicted octanol–water partition coefficient (Wildman–Crippen LogP) is 4.06. The molecule has 4 nitrogen and oxygen atoms in total. The zero-order valence-electron chi connectivity index (χ0n) is 14.3. The van der Waals surface area contributed by atoms with Crippen LogP contribution in [0.3, 0.4) is 0 Å². The average Bonchev–Trinajstić information content (AvgIpc) is 2.57. The van der Waals surface area contributed by atoms with E-state index in [1.165, 1.54) is 12.1 Å². The van der Waals surface area contributed by atoms with Gasteiger partial charge in [0.2, 0.25) is 5.91 Å². The van der Waals surface area contributed by atoms with E-state index in [0.29, 0.717) is 12.2 Å². The maximum atomic E-state index is 14.9. The molecule has 2 atom stereocenters. The van der Waals surface area contributed by atoms with Gasteiger partial charge in [0.25, 0.3) is 0 Å². The van der Waals surface area contributed by atoms with Crippen molar-refractivity contribution in [2.24, 2.45) is 5.73 Å². The van der Waals surface area contributed by atoms with E-state index < -0.39 is 29.3 Å². The maximum Gasteiger partial charge on any atom is 0.218 e. The molecule has 1 amide bonds. The Morgan fingerprint density at radius 1 is 1.20 bits per heavy atom. The van der Waals surface area contributed by atoms with E-state index in [0.717, 1.165) is 0 Å². The van der Waals surface area contributed by atoms with Gasteiger partial charge >= 0.3 is 0 Å². The fourth-order valence-corrected chi connectivity index (χ4v) is 2.65. The van der Waals surface area contributed by atoms with Gasteiger partial charge in [-0.25, -0.2) is 8.78 Å². The predicted molar refractivity (Wildman–Crippen MR) is 92.3 cm³/mol. The van der Waals surface area contributed by atoms with Crippen molar-refractivity contribution in [3.8, 4) is 11.5 Å². The summed E-state index contributed by atoms with van der Waals surface area (Å²) in [6.45, 7) is 3.66. The second-order valence-electron chi connectivity index (χ2n) is 5.89. The minimum absolute atomic E-state index is 0.132. The number of nitrogens with two attached hydrogens (primary N) is 1. The molecule has 0 unspecified atom stereocenters. The molecule has 0 fully saturated rings. The standard InChI is InChI=1S/C19H22F2N2O2/c1-3-16(23-12(2)11-17(22)24)14-9-10-15(20)19(18(14)21)25-13-7-5-4-6-8-13/h4-10,12,16,23H,3,11H2,1-2H3,(H2,22,24)/t12-,16-/m1/s1. The number of hydrogen-bond donors (Lipinski definition) is 2. The SMILES string of the molecule is CC[C@@H](N[C@H](C)CC(N)=O)c1ccc(F)c(Oc2ccccc2)c1F. The number of carbonyl (C=O) groups is 1. The van der Waals surface area contributed by atoms with Crippen LogP contribution in [-0.4, -0.2) is 11.9 Å². The number of carbonyl (C=O) groups excluding carboxylic acids is 1. The molecule has 0 aromatic heterocycles. The van der Waals surface area contributed by atoms with Crippen molar-refractivity contribution in [1.29, 1.82) is 0 Å². The van der Waals surface area contributed by atoms with Crippen molar-refractivity contribution < 1.29 is 18.3 Å². The van der Waals surface area contributed by atoms with E-state index in [1.807, 2.05) is 6.92 Å². The summed E-state index contributed by atoms with van der Waals surface area (Å²) < 4.78 is 34.3. The van der Waals surface area contributed by atoms with Crippen LogP contribution in [-0.2, 0) is 4.79 Å². The second kappa shape index (κ2) is 8.58. The number of rotatable bonds is 8. The van der Waals surface area contributed by atoms with Gasteiger partial charge in [0, 0.05) is 24.1 Å². The summed E-state index contributed by atoms with van der Waals surface area (Å²) in [7, 11) is 0. The van der Waals surface area contributed by atoms with Gasteiger partial charge in [-0.2, -0.15) is 0 Å². The van der Waals surface area contributed by atoms with Crippen LogP contribution in [0.15, 0.2) is 42.5 Å². The van der Waals surface area contributed by atoms with Crippen LogP contribution in [0.25, 0.3) is 0 Å². The van der Waals surface area contributed by atoms with Gasteiger partial charge in [-0.3, -0.25) is 4.79 Å². The minimum atomic E-state index is -0.773. The number of para-hydroxylation sites is 1. The van der Waals surface area contributed by atoms with Gasteiger partial charge in [0.05, 0.1) is 0 Å². The number of halogens is 2. The Hall–Kier alpha value is -2.47. The summed E-state index contributed by atoms with van der Waals surface area (Å²) in [6, 6.07) is 10.4. The van der Waals surface area contributed by atoms with E-state index in [-0.39, 0.29) is 18.0 Å². The molecule has 2 aromatic carbocycles. The van der Waals surface area contributed by atoms with Gasteiger partial charge in [0.1, 0.15) is 5.75 Å². The van der Waals surface area contributed by atoms with Crippen LogP contribution in [0.2, 0.25) is 0 Å². The molecular weight excluding hydrogens is 326 g/mol. The molecular formula is C19H22F2N2O2. The van der Waals surface area contributed by atoms with Crippen LogP contribution in [0, 0.1) is 11.6 Å². The van der Waals surface area contributed by atoms with Gasteiger partial charge < -0.3 is 15.8 Å². The van der Waals surface area contributed by atoms with Crippen molar-refractivity contribution in [3.63, 3.8) is 0 Å². The molecule has 2 rings (SSSR count). The molecule has 0 heterocycles. The Balaban J connectivity index is 2.28. The number of primary amides is 1. The molecule has 2 aromatic rings. The molecule has 25 heavy (non-hydrogen) atoms. The Morgan fingerprint density at radius 3 is 2.48 bits per heavy atom. The lowest BCUT2D eigenvalue weighted by Crippen LogP contribution is -2.34. The van der Waals surface area contributed by atoms with E-state index in [9.17, 15) is 13.6 Å². The molecule has 134 valence electrons. The Morgan fingerprint density at radius 2 is 1.88 bits per heavy atom. The van der Waals surface area contributed by atoms with Crippen LogP contribution in [0.5, 0.6) is 11.5 Å². The maximum absolute atomic E-state index is 14.9. The first-order valence-corrected chi connectivity index (χ1v) is 8.17. The van der Waals surface area contributed by atoms with Gasteiger partial charge in [-0.05, 0) is 31.5 Å². The van der Waals surface area contributed by atoms with E-state index in [2.05, 4.69) is 5.32 Å².